The van der Waals surface area contributed by atoms with Gasteiger partial charge in [0.1, 0.15) is 4.60 Å². The maximum Gasteiger partial charge on any atom is 0.129 e. The second-order valence-electron chi connectivity index (χ2n) is 1.83. The van der Waals surface area contributed by atoms with Gasteiger partial charge in [-0.1, -0.05) is 0 Å². The third-order valence-corrected chi connectivity index (χ3v) is 1.79. The molecule has 0 saturated heterocycles. The fraction of sp³-hybridized carbons (Fsp3) is 0.167. The number of anilines is 1. The van der Waals surface area contributed by atoms with Crippen LogP contribution in [0.25, 0.3) is 0 Å². The number of hydrogen-bond donors (Lipinski definition) is 1. The SMILES string of the molecule is Cc1ccnc(Br)c1N. The van der Waals surface area contributed by atoms with Crippen LogP contribution in [0.4, 0.5) is 5.69 Å². The van der Waals surface area contributed by atoms with Gasteiger partial charge in [0, 0.05) is 6.20 Å². The van der Waals surface area contributed by atoms with Gasteiger partial charge in [-0.25, -0.2) is 4.98 Å². The minimum Gasteiger partial charge on any atom is -0.396 e. The van der Waals surface area contributed by atoms with Crippen molar-refractivity contribution < 1.29 is 0 Å². The molecule has 1 rings (SSSR count). The lowest BCUT2D eigenvalue weighted by atomic mass is 10.3. The molecule has 0 radical (unpaired) electrons. The summed E-state index contributed by atoms with van der Waals surface area (Å²) in [6.45, 7) is 1.95. The maximum atomic E-state index is 5.57. The summed E-state index contributed by atoms with van der Waals surface area (Å²) in [5, 5.41) is 0. The lowest BCUT2D eigenvalue weighted by Crippen LogP contribution is -1.91. The van der Waals surface area contributed by atoms with Crippen LogP contribution in [-0.4, -0.2) is 4.98 Å². The summed E-state index contributed by atoms with van der Waals surface area (Å²) in [6.07, 6.45) is 1.72. The van der Waals surface area contributed by atoms with Crippen LogP contribution in [0.2, 0.25) is 0 Å². The second-order valence-corrected chi connectivity index (χ2v) is 2.58. The van der Waals surface area contributed by atoms with Crippen molar-refractivity contribution in [3.05, 3.63) is 22.4 Å². The quantitative estimate of drug-likeness (QED) is 0.628. The Hall–Kier alpha value is -0.570. The predicted molar refractivity (Wildman–Crippen MR) is 41.1 cm³/mol. The van der Waals surface area contributed by atoms with E-state index < -0.39 is 0 Å². The molecule has 0 unspecified atom stereocenters. The van der Waals surface area contributed by atoms with Crippen molar-refractivity contribution in [1.82, 2.24) is 4.98 Å². The number of nitrogen functional groups attached to an aromatic ring is 1. The van der Waals surface area contributed by atoms with Crippen molar-refractivity contribution in [1.29, 1.82) is 0 Å². The average molecular weight is 187 g/mol. The monoisotopic (exact) mass is 186 g/mol. The molecule has 0 bridgehead atoms. The standard InChI is InChI=1S/C6H7BrN2/c1-4-2-3-9-6(7)5(4)8/h2-3H,8H2,1H3. The lowest BCUT2D eigenvalue weighted by Gasteiger charge is -1.98. The minimum atomic E-state index is 0.720. The molecule has 0 atom stereocenters. The van der Waals surface area contributed by atoms with Crippen molar-refractivity contribution in [3.8, 4) is 0 Å². The molecule has 9 heavy (non-hydrogen) atoms. The molecule has 0 aromatic carbocycles. The number of hydrogen-bond acceptors (Lipinski definition) is 2. The van der Waals surface area contributed by atoms with E-state index in [1.54, 1.807) is 6.20 Å². The molecule has 1 aromatic heterocycles. The maximum absolute atomic E-state index is 5.57. The summed E-state index contributed by atoms with van der Waals surface area (Å²) in [5.41, 5.74) is 7.35. The molecule has 0 aliphatic heterocycles. The fourth-order valence-electron chi connectivity index (χ4n) is 0.537. The van der Waals surface area contributed by atoms with E-state index in [1.807, 2.05) is 13.0 Å². The molecule has 0 saturated carbocycles. The highest BCUT2D eigenvalue weighted by Crippen LogP contribution is 2.18. The Morgan fingerprint density at radius 2 is 2.33 bits per heavy atom. The van der Waals surface area contributed by atoms with Crippen LogP contribution in [0.5, 0.6) is 0 Å². The molecule has 0 fully saturated rings. The van der Waals surface area contributed by atoms with Gasteiger partial charge in [-0.05, 0) is 34.5 Å². The Labute approximate surface area is 62.2 Å². The topological polar surface area (TPSA) is 38.9 Å². The number of aryl methyl sites for hydroxylation is 1. The van der Waals surface area contributed by atoms with Crippen molar-refractivity contribution in [3.63, 3.8) is 0 Å². The molecule has 1 aromatic rings. The van der Waals surface area contributed by atoms with Gasteiger partial charge < -0.3 is 5.73 Å². The first-order valence-electron chi connectivity index (χ1n) is 2.58. The van der Waals surface area contributed by atoms with Crippen molar-refractivity contribution in [2.24, 2.45) is 0 Å². The van der Waals surface area contributed by atoms with Gasteiger partial charge in [-0.2, -0.15) is 0 Å². The summed E-state index contributed by atoms with van der Waals surface area (Å²) in [4.78, 5) is 3.93. The van der Waals surface area contributed by atoms with Crippen LogP contribution >= 0.6 is 15.9 Å². The van der Waals surface area contributed by atoms with E-state index in [4.69, 9.17) is 5.73 Å². The first kappa shape index (κ1) is 6.55. The second kappa shape index (κ2) is 2.35. The zero-order valence-electron chi connectivity index (χ0n) is 5.06. The highest BCUT2D eigenvalue weighted by Gasteiger charge is 1.96. The summed E-state index contributed by atoms with van der Waals surface area (Å²) in [7, 11) is 0. The number of aromatic nitrogens is 1. The van der Waals surface area contributed by atoms with Crippen molar-refractivity contribution in [2.45, 2.75) is 6.92 Å². The predicted octanol–water partition coefficient (Wildman–Crippen LogP) is 1.73. The van der Waals surface area contributed by atoms with Crippen molar-refractivity contribution >= 4 is 21.6 Å². The summed E-state index contributed by atoms with van der Waals surface area (Å²) in [5.74, 6) is 0. The molecule has 0 aliphatic carbocycles. The number of nitrogens with zero attached hydrogens (tertiary/aromatic N) is 1. The number of nitrogens with two attached hydrogens (primary N) is 1. The first-order valence-corrected chi connectivity index (χ1v) is 3.37. The molecule has 0 aliphatic rings. The molecule has 1 heterocycles. The normalized spacial score (nSPS) is 9.56. The van der Waals surface area contributed by atoms with E-state index in [0.29, 0.717) is 0 Å². The molecular weight excluding hydrogens is 180 g/mol. The Morgan fingerprint density at radius 1 is 1.67 bits per heavy atom. The molecule has 0 amide bonds. The lowest BCUT2D eigenvalue weighted by molar-refractivity contribution is 1.25. The van der Waals surface area contributed by atoms with E-state index in [2.05, 4.69) is 20.9 Å². The smallest absolute Gasteiger partial charge is 0.129 e. The molecular formula is C6H7BrN2. The van der Waals surface area contributed by atoms with Gasteiger partial charge in [0.15, 0.2) is 0 Å². The molecule has 2 nitrogen and oxygen atoms in total. The van der Waals surface area contributed by atoms with Gasteiger partial charge >= 0.3 is 0 Å². The largest absolute Gasteiger partial charge is 0.396 e. The van der Waals surface area contributed by atoms with E-state index in [9.17, 15) is 0 Å². The van der Waals surface area contributed by atoms with E-state index in [1.165, 1.54) is 0 Å². The zero-order valence-corrected chi connectivity index (χ0v) is 6.64. The number of pyridine rings is 1. The number of rotatable bonds is 0. The van der Waals surface area contributed by atoms with Crippen LogP contribution in [0.1, 0.15) is 5.56 Å². The molecule has 3 heteroatoms. The minimum absolute atomic E-state index is 0.720. The third-order valence-electron chi connectivity index (χ3n) is 1.16. The van der Waals surface area contributed by atoms with Crippen molar-refractivity contribution in [2.75, 3.05) is 5.73 Å². The van der Waals surface area contributed by atoms with E-state index in [0.717, 1.165) is 15.9 Å². The molecule has 2 N–H and O–H groups in total. The fourth-order valence-corrected chi connectivity index (χ4v) is 0.967. The van der Waals surface area contributed by atoms with E-state index in [-0.39, 0.29) is 0 Å². The number of halogens is 1. The first-order chi connectivity index (χ1) is 4.22. The van der Waals surface area contributed by atoms with E-state index >= 15 is 0 Å². The highest BCUT2D eigenvalue weighted by molar-refractivity contribution is 9.10. The van der Waals surface area contributed by atoms with Crippen LogP contribution in [0, 0.1) is 6.92 Å². The van der Waals surface area contributed by atoms with Crippen LogP contribution in [0.3, 0.4) is 0 Å². The van der Waals surface area contributed by atoms with Gasteiger partial charge in [0.05, 0.1) is 5.69 Å². The Balaban J connectivity index is 3.25. The summed E-state index contributed by atoms with van der Waals surface area (Å²) >= 11 is 3.21. The molecule has 0 spiro atoms. The Bertz CT molecular complexity index is 202. The highest BCUT2D eigenvalue weighted by atomic mass is 79.9. The van der Waals surface area contributed by atoms with Crippen LogP contribution < -0.4 is 5.73 Å². The Kier molecular flexibility index (Phi) is 1.71. The van der Waals surface area contributed by atoms with Crippen LogP contribution in [0.15, 0.2) is 16.9 Å². The van der Waals surface area contributed by atoms with Crippen LogP contribution in [-0.2, 0) is 0 Å². The molecule has 48 valence electrons. The zero-order chi connectivity index (χ0) is 6.85. The summed E-state index contributed by atoms with van der Waals surface area (Å²) < 4.78 is 0.725. The van der Waals surface area contributed by atoms with Gasteiger partial charge in [0.25, 0.3) is 0 Å². The Morgan fingerprint density at radius 3 is 2.78 bits per heavy atom. The third kappa shape index (κ3) is 1.21. The van der Waals surface area contributed by atoms with Gasteiger partial charge in [0.2, 0.25) is 0 Å². The van der Waals surface area contributed by atoms with Gasteiger partial charge in [-0.15, -0.1) is 0 Å². The average Bonchev–Trinajstić information content (AvgIpc) is 1.83. The summed E-state index contributed by atoms with van der Waals surface area (Å²) in [6, 6.07) is 1.88. The van der Waals surface area contributed by atoms with Gasteiger partial charge in [-0.3, -0.25) is 0 Å².